The number of aromatic hydroxyl groups is 3. The molecule has 0 unspecified atom stereocenters. The van der Waals surface area contributed by atoms with Gasteiger partial charge in [0.2, 0.25) is 0 Å². The topological polar surface area (TPSA) is 121 Å². The zero-order valence-electron chi connectivity index (χ0n) is 9.52. The summed E-state index contributed by atoms with van der Waals surface area (Å²) in [7, 11) is 0. The van der Waals surface area contributed by atoms with E-state index in [2.05, 4.69) is 0 Å². The molecule has 1 aliphatic rings. The number of phenols is 3. The molecule has 0 spiro atoms. The van der Waals surface area contributed by atoms with Gasteiger partial charge in [0.15, 0.2) is 28.8 Å². The molecular weight excluding hydrogens is 238 g/mol. The van der Waals surface area contributed by atoms with Crippen LogP contribution in [0.5, 0.6) is 17.2 Å². The third-order valence-corrected chi connectivity index (χ3v) is 2.91. The monoisotopic (exact) mass is 249 g/mol. The molecule has 6 nitrogen and oxygen atoms in total. The van der Waals surface area contributed by atoms with Gasteiger partial charge in [-0.25, -0.2) is 0 Å². The molecule has 1 aromatic rings. The highest BCUT2D eigenvalue weighted by Crippen LogP contribution is 2.46. The Morgan fingerprint density at radius 2 is 1.67 bits per heavy atom. The van der Waals surface area contributed by atoms with Crippen LogP contribution in [0.3, 0.4) is 0 Å². The van der Waals surface area contributed by atoms with Gasteiger partial charge in [-0.2, -0.15) is 0 Å². The van der Waals surface area contributed by atoms with Crippen molar-refractivity contribution >= 4 is 17.3 Å². The first-order valence-corrected chi connectivity index (χ1v) is 5.26. The van der Waals surface area contributed by atoms with Gasteiger partial charge in [-0.3, -0.25) is 9.59 Å². The number of anilines is 1. The minimum Gasteiger partial charge on any atom is -0.505 e. The maximum atomic E-state index is 12.0. The summed E-state index contributed by atoms with van der Waals surface area (Å²) in [5.41, 5.74) is 4.28. The molecule has 0 atom stereocenters. The first-order chi connectivity index (χ1) is 8.40. The van der Waals surface area contributed by atoms with Gasteiger partial charge in [0, 0.05) is 5.57 Å². The molecule has 0 aliphatic heterocycles. The van der Waals surface area contributed by atoms with Gasteiger partial charge < -0.3 is 21.1 Å². The Hall–Kier alpha value is -2.50. The number of nitrogen functional groups attached to an aromatic ring is 1. The first-order valence-electron chi connectivity index (χ1n) is 5.26. The number of rotatable bonds is 1. The van der Waals surface area contributed by atoms with E-state index in [1.54, 1.807) is 6.92 Å². The lowest BCUT2D eigenvalue weighted by Crippen LogP contribution is -2.18. The van der Waals surface area contributed by atoms with E-state index >= 15 is 0 Å². The Morgan fingerprint density at radius 3 is 2.22 bits per heavy atom. The minimum absolute atomic E-state index is 0.215. The van der Waals surface area contributed by atoms with Crippen molar-refractivity contribution in [3.05, 3.63) is 22.8 Å². The highest BCUT2D eigenvalue weighted by Gasteiger charge is 2.34. The molecule has 0 saturated heterocycles. The number of fused-ring (bicyclic) bond motifs is 1. The summed E-state index contributed by atoms with van der Waals surface area (Å²) in [4.78, 5) is 23.8. The quantitative estimate of drug-likeness (QED) is 0.336. The van der Waals surface area contributed by atoms with E-state index in [1.807, 2.05) is 0 Å². The lowest BCUT2D eigenvalue weighted by molar-refractivity contribution is 0.0976. The fourth-order valence-corrected chi connectivity index (χ4v) is 1.91. The molecule has 0 fully saturated rings. The molecule has 0 radical (unpaired) electrons. The minimum atomic E-state index is -0.805. The van der Waals surface area contributed by atoms with Gasteiger partial charge in [-0.1, -0.05) is 6.92 Å². The zero-order chi connectivity index (χ0) is 13.6. The van der Waals surface area contributed by atoms with Gasteiger partial charge in [0.1, 0.15) is 5.69 Å². The summed E-state index contributed by atoms with van der Waals surface area (Å²) in [6.07, 6.45) is 1.39. The van der Waals surface area contributed by atoms with Crippen LogP contribution < -0.4 is 5.73 Å². The summed E-state index contributed by atoms with van der Waals surface area (Å²) in [5.74, 6) is -3.50. The molecule has 0 heterocycles. The number of Topliss-reactive ketones (excluding diaryl/α,β-unsaturated/α-hetero) is 1. The Balaban J connectivity index is 2.86. The lowest BCUT2D eigenvalue weighted by Gasteiger charge is -2.18. The zero-order valence-corrected chi connectivity index (χ0v) is 9.52. The van der Waals surface area contributed by atoms with Crippen molar-refractivity contribution in [2.75, 3.05) is 5.73 Å². The van der Waals surface area contributed by atoms with E-state index in [4.69, 9.17) is 5.73 Å². The average molecular weight is 249 g/mol. The Labute approximate surface area is 102 Å². The number of nitrogens with two attached hydrogens (primary N) is 1. The third kappa shape index (κ3) is 1.35. The highest BCUT2D eigenvalue weighted by molar-refractivity contribution is 6.27. The maximum Gasteiger partial charge on any atom is 0.193 e. The lowest BCUT2D eigenvalue weighted by atomic mass is 9.86. The summed E-state index contributed by atoms with van der Waals surface area (Å²) in [6, 6.07) is 0. The summed E-state index contributed by atoms with van der Waals surface area (Å²) in [5, 5.41) is 28.9. The van der Waals surface area contributed by atoms with Crippen molar-refractivity contribution in [1.82, 2.24) is 0 Å². The van der Waals surface area contributed by atoms with Crippen LogP contribution in [0.4, 0.5) is 5.69 Å². The van der Waals surface area contributed by atoms with E-state index in [1.165, 1.54) is 0 Å². The molecule has 0 amide bonds. The van der Waals surface area contributed by atoms with Gasteiger partial charge in [0.05, 0.1) is 11.1 Å². The van der Waals surface area contributed by atoms with Crippen LogP contribution in [0.25, 0.3) is 0 Å². The summed E-state index contributed by atoms with van der Waals surface area (Å²) < 4.78 is 0. The fraction of sp³-hybridized carbons (Fsp3) is 0.167. The molecule has 0 bridgehead atoms. The van der Waals surface area contributed by atoms with Crippen molar-refractivity contribution < 1.29 is 24.9 Å². The van der Waals surface area contributed by atoms with Crippen LogP contribution in [0.15, 0.2) is 11.6 Å². The number of carbonyl (C=O) groups excluding carboxylic acids is 2. The fourth-order valence-electron chi connectivity index (χ4n) is 1.91. The number of ketones is 2. The second kappa shape index (κ2) is 3.76. The van der Waals surface area contributed by atoms with Gasteiger partial charge in [-0.05, 0) is 12.5 Å². The van der Waals surface area contributed by atoms with Crippen LogP contribution >= 0.6 is 0 Å². The molecule has 1 aliphatic carbocycles. The molecular formula is C12H11NO5. The third-order valence-electron chi connectivity index (χ3n) is 2.91. The smallest absolute Gasteiger partial charge is 0.193 e. The van der Waals surface area contributed by atoms with Gasteiger partial charge >= 0.3 is 0 Å². The normalized spacial score (nSPS) is 14.4. The SMILES string of the molecule is CCC1=CC(=O)c2c(O)c(O)c(N)c(O)c2C1=O. The number of hydrogen-bond acceptors (Lipinski definition) is 6. The molecule has 1 aromatic carbocycles. The van der Waals surface area contributed by atoms with E-state index in [0.29, 0.717) is 6.42 Å². The molecule has 94 valence electrons. The second-order valence-corrected chi connectivity index (χ2v) is 3.93. The van der Waals surface area contributed by atoms with E-state index in [-0.39, 0.29) is 11.1 Å². The van der Waals surface area contributed by atoms with Crippen molar-refractivity contribution in [3.63, 3.8) is 0 Å². The number of hydrogen-bond donors (Lipinski definition) is 4. The predicted octanol–water partition coefficient (Wildman–Crippen LogP) is 1.10. The second-order valence-electron chi connectivity index (χ2n) is 3.93. The summed E-state index contributed by atoms with van der Waals surface area (Å²) in [6.45, 7) is 1.68. The Kier molecular flexibility index (Phi) is 2.50. The van der Waals surface area contributed by atoms with Crippen molar-refractivity contribution in [3.8, 4) is 17.2 Å². The van der Waals surface area contributed by atoms with Crippen LogP contribution in [-0.4, -0.2) is 26.9 Å². The molecule has 5 N–H and O–H groups in total. The van der Waals surface area contributed by atoms with E-state index < -0.39 is 40.1 Å². The molecule has 2 rings (SSSR count). The molecule has 0 aromatic heterocycles. The Bertz CT molecular complexity index is 616. The number of phenolic OH excluding ortho intramolecular Hbond substituents is 3. The molecule has 6 heteroatoms. The number of allylic oxidation sites excluding steroid dienone is 2. The van der Waals surface area contributed by atoms with Crippen LogP contribution in [0, 0.1) is 0 Å². The summed E-state index contributed by atoms with van der Waals surface area (Å²) >= 11 is 0. The standard InChI is InChI=1S/C12H11NO5/c1-2-4-3-5(14)6-7(9(4)15)10(16)8(13)12(18)11(6)17/h3,16-18H,2,13H2,1H3. The van der Waals surface area contributed by atoms with Crippen LogP contribution in [-0.2, 0) is 0 Å². The number of carbonyl (C=O) groups is 2. The first kappa shape index (κ1) is 12.0. The predicted molar refractivity (Wildman–Crippen MR) is 62.9 cm³/mol. The number of benzene rings is 1. The van der Waals surface area contributed by atoms with Crippen molar-refractivity contribution in [1.29, 1.82) is 0 Å². The average Bonchev–Trinajstić information content (AvgIpc) is 2.35. The van der Waals surface area contributed by atoms with Crippen molar-refractivity contribution in [2.24, 2.45) is 0 Å². The van der Waals surface area contributed by atoms with Gasteiger partial charge in [-0.15, -0.1) is 0 Å². The van der Waals surface area contributed by atoms with Crippen LogP contribution in [0.1, 0.15) is 34.1 Å². The van der Waals surface area contributed by atoms with Gasteiger partial charge in [0.25, 0.3) is 0 Å². The molecule has 18 heavy (non-hydrogen) atoms. The highest BCUT2D eigenvalue weighted by atomic mass is 16.3. The molecule has 0 saturated carbocycles. The van der Waals surface area contributed by atoms with Crippen molar-refractivity contribution in [2.45, 2.75) is 13.3 Å². The van der Waals surface area contributed by atoms with E-state index in [0.717, 1.165) is 6.08 Å². The van der Waals surface area contributed by atoms with E-state index in [9.17, 15) is 24.9 Å². The Morgan fingerprint density at radius 1 is 1.06 bits per heavy atom. The largest absolute Gasteiger partial charge is 0.505 e. The van der Waals surface area contributed by atoms with Crippen LogP contribution in [0.2, 0.25) is 0 Å². The maximum absolute atomic E-state index is 12.0.